The van der Waals surface area contributed by atoms with Crippen molar-refractivity contribution in [1.82, 2.24) is 20.5 Å². The van der Waals surface area contributed by atoms with Gasteiger partial charge in [0.2, 0.25) is 11.8 Å². The first-order chi connectivity index (χ1) is 14.2. The molecule has 1 aliphatic carbocycles. The van der Waals surface area contributed by atoms with Crippen LogP contribution in [0.3, 0.4) is 0 Å². The zero-order chi connectivity index (χ0) is 21.5. The van der Waals surface area contributed by atoms with Crippen LogP contribution < -0.4 is 10.1 Å². The topological polar surface area (TPSA) is 90.1 Å². The van der Waals surface area contributed by atoms with Gasteiger partial charge in [-0.15, -0.1) is 10.2 Å². The Morgan fingerprint density at radius 3 is 2.57 bits per heavy atom. The molecule has 0 spiro atoms. The predicted octanol–water partition coefficient (Wildman–Crippen LogP) is 3.34. The Balaban J connectivity index is 1.58. The fraction of sp³-hybridized carbons (Fsp3) is 0.600. The molecular formula is C20H23F3N4O3. The Labute approximate surface area is 171 Å². The van der Waals surface area contributed by atoms with Gasteiger partial charge >= 0.3 is 6.18 Å². The van der Waals surface area contributed by atoms with Crippen molar-refractivity contribution in [3.8, 4) is 5.75 Å². The number of carbonyl (C=O) groups excluding carboxylic acids is 1. The minimum Gasteiger partial charge on any atom is -0.484 e. The van der Waals surface area contributed by atoms with E-state index in [1.807, 2.05) is 6.92 Å². The smallest absolute Gasteiger partial charge is 0.422 e. The minimum absolute atomic E-state index is 0.0511. The molecule has 0 aromatic carbocycles. The summed E-state index contributed by atoms with van der Waals surface area (Å²) in [7, 11) is 0. The van der Waals surface area contributed by atoms with E-state index in [0.29, 0.717) is 30.4 Å². The molecule has 162 valence electrons. The Morgan fingerprint density at radius 1 is 1.30 bits per heavy atom. The second kappa shape index (κ2) is 7.64. The Kier molecular flexibility index (Phi) is 5.29. The number of aryl methyl sites for hydroxylation is 1. The van der Waals surface area contributed by atoms with Crippen molar-refractivity contribution in [3.05, 3.63) is 35.3 Å². The Morgan fingerprint density at radius 2 is 2.03 bits per heavy atom. The van der Waals surface area contributed by atoms with E-state index in [4.69, 9.17) is 9.15 Å². The van der Waals surface area contributed by atoms with Crippen molar-refractivity contribution >= 4 is 5.78 Å². The lowest BCUT2D eigenvalue weighted by Gasteiger charge is -2.40. The van der Waals surface area contributed by atoms with Crippen molar-refractivity contribution in [1.29, 1.82) is 0 Å². The number of hydrogen-bond acceptors (Lipinski definition) is 7. The summed E-state index contributed by atoms with van der Waals surface area (Å²) in [6.45, 7) is 3.58. The number of ketones is 1. The van der Waals surface area contributed by atoms with Crippen molar-refractivity contribution in [2.24, 2.45) is 5.92 Å². The number of pyridine rings is 1. The maximum Gasteiger partial charge on any atom is 0.422 e. The second-order valence-electron chi connectivity index (χ2n) is 8.28. The fourth-order valence-electron chi connectivity index (χ4n) is 3.67. The van der Waals surface area contributed by atoms with Gasteiger partial charge < -0.3 is 14.5 Å². The molecule has 0 amide bonds. The number of carbonyl (C=O) groups is 1. The third kappa shape index (κ3) is 4.33. The summed E-state index contributed by atoms with van der Waals surface area (Å²) < 4.78 is 48.6. The van der Waals surface area contributed by atoms with Gasteiger partial charge in [-0.25, -0.2) is 0 Å². The normalized spacial score (nSPS) is 19.2. The molecule has 4 rings (SSSR count). The van der Waals surface area contributed by atoms with E-state index in [0.717, 1.165) is 12.8 Å². The molecule has 0 radical (unpaired) electrons. The third-order valence-corrected chi connectivity index (χ3v) is 5.81. The van der Waals surface area contributed by atoms with E-state index < -0.39 is 18.2 Å². The zero-order valence-electron chi connectivity index (χ0n) is 16.8. The van der Waals surface area contributed by atoms with E-state index in [-0.39, 0.29) is 35.5 Å². The summed E-state index contributed by atoms with van der Waals surface area (Å²) in [5.74, 6) is 0.813. The molecule has 10 heteroatoms. The predicted molar refractivity (Wildman–Crippen MR) is 99.5 cm³/mol. The van der Waals surface area contributed by atoms with Crippen molar-refractivity contribution in [2.75, 3.05) is 19.7 Å². The summed E-state index contributed by atoms with van der Waals surface area (Å²) in [6, 6.07) is 1.33. The van der Waals surface area contributed by atoms with E-state index >= 15 is 0 Å². The van der Waals surface area contributed by atoms with E-state index in [1.165, 1.54) is 12.3 Å². The lowest BCUT2D eigenvalue weighted by atomic mass is 9.70. The number of Topliss-reactive ketones (excluding diaryl/α,β-unsaturated/α-hetero) is 1. The van der Waals surface area contributed by atoms with Crippen LogP contribution in [0.1, 0.15) is 59.9 Å². The molecular weight excluding hydrogens is 401 g/mol. The molecule has 2 aromatic rings. The molecule has 30 heavy (non-hydrogen) atoms. The van der Waals surface area contributed by atoms with Crippen LogP contribution in [0.25, 0.3) is 0 Å². The van der Waals surface area contributed by atoms with Crippen LogP contribution in [0.5, 0.6) is 5.75 Å². The number of nitrogens with zero attached hydrogens (tertiary/aromatic N) is 3. The fourth-order valence-corrected chi connectivity index (χ4v) is 3.67. The van der Waals surface area contributed by atoms with E-state index in [9.17, 15) is 18.0 Å². The summed E-state index contributed by atoms with van der Waals surface area (Å²) >= 11 is 0. The number of halogens is 3. The van der Waals surface area contributed by atoms with Crippen LogP contribution in [0.2, 0.25) is 0 Å². The molecule has 3 heterocycles. The van der Waals surface area contributed by atoms with Crippen LogP contribution in [0.15, 0.2) is 16.7 Å². The maximum atomic E-state index is 13.1. The highest BCUT2D eigenvalue weighted by atomic mass is 19.4. The lowest BCUT2D eigenvalue weighted by molar-refractivity contribution is -0.153. The number of rotatable bonds is 8. The first-order valence-corrected chi connectivity index (χ1v) is 9.90. The first kappa shape index (κ1) is 20.8. The highest BCUT2D eigenvalue weighted by molar-refractivity contribution is 5.95. The van der Waals surface area contributed by atoms with Gasteiger partial charge in [0.05, 0.1) is 5.41 Å². The number of nitrogens with one attached hydrogen (secondary N) is 1. The molecule has 0 bridgehead atoms. The van der Waals surface area contributed by atoms with Gasteiger partial charge in [0.15, 0.2) is 12.4 Å². The number of aromatic nitrogens is 3. The lowest BCUT2D eigenvalue weighted by Crippen LogP contribution is -2.53. The van der Waals surface area contributed by atoms with Crippen LogP contribution in [0, 0.1) is 12.8 Å². The van der Waals surface area contributed by atoms with Gasteiger partial charge in [0.1, 0.15) is 11.4 Å². The Bertz CT molecular complexity index is 938. The van der Waals surface area contributed by atoms with Gasteiger partial charge in [-0.3, -0.25) is 9.78 Å². The second-order valence-corrected chi connectivity index (χ2v) is 8.28. The highest BCUT2D eigenvalue weighted by Gasteiger charge is 2.45. The number of alkyl halides is 3. The van der Waals surface area contributed by atoms with Crippen LogP contribution >= 0.6 is 0 Å². The summed E-state index contributed by atoms with van der Waals surface area (Å²) in [5, 5.41) is 11.2. The molecule has 1 unspecified atom stereocenters. The average Bonchev–Trinajstić information content (AvgIpc) is 3.37. The SMILES string of the molecule is Cc1nnc(C(C)(CC(=O)c2cc(OCC(F)(F)F)c(C3CC3)cn2)C2CNC2)o1. The molecule has 7 nitrogen and oxygen atoms in total. The molecule has 2 fully saturated rings. The van der Waals surface area contributed by atoms with Gasteiger partial charge in [-0.05, 0) is 31.6 Å². The number of ether oxygens (including phenoxy) is 1. The molecule has 1 aliphatic heterocycles. The largest absolute Gasteiger partial charge is 0.484 e. The first-order valence-electron chi connectivity index (χ1n) is 9.90. The Hall–Kier alpha value is -2.49. The molecule has 1 atom stereocenters. The summed E-state index contributed by atoms with van der Waals surface area (Å²) in [6.07, 6.45) is -1.19. The number of hydrogen-bond donors (Lipinski definition) is 1. The maximum absolute atomic E-state index is 13.1. The molecule has 2 aliphatic rings. The molecule has 1 saturated heterocycles. The van der Waals surface area contributed by atoms with Gasteiger partial charge in [-0.2, -0.15) is 13.2 Å². The van der Waals surface area contributed by atoms with Gasteiger partial charge in [0.25, 0.3) is 0 Å². The van der Waals surface area contributed by atoms with E-state index in [1.54, 1.807) is 6.92 Å². The van der Waals surface area contributed by atoms with Crippen molar-refractivity contribution in [2.45, 2.75) is 50.6 Å². The van der Waals surface area contributed by atoms with Crippen LogP contribution in [-0.2, 0) is 5.41 Å². The monoisotopic (exact) mass is 424 g/mol. The van der Waals surface area contributed by atoms with Crippen LogP contribution in [-0.4, -0.2) is 46.8 Å². The van der Waals surface area contributed by atoms with Crippen molar-refractivity contribution in [3.63, 3.8) is 0 Å². The minimum atomic E-state index is -4.46. The quantitative estimate of drug-likeness (QED) is 0.650. The van der Waals surface area contributed by atoms with Gasteiger partial charge in [-0.1, -0.05) is 0 Å². The summed E-state index contributed by atoms with van der Waals surface area (Å²) in [5.41, 5.74) is -0.00596. The highest BCUT2D eigenvalue weighted by Crippen LogP contribution is 2.45. The average molecular weight is 424 g/mol. The molecule has 2 aromatic heterocycles. The van der Waals surface area contributed by atoms with Gasteiger partial charge in [0, 0.05) is 44.3 Å². The third-order valence-electron chi connectivity index (χ3n) is 5.81. The molecule has 1 saturated carbocycles. The van der Waals surface area contributed by atoms with Crippen molar-refractivity contribution < 1.29 is 27.1 Å². The zero-order valence-corrected chi connectivity index (χ0v) is 16.8. The van der Waals surface area contributed by atoms with Crippen LogP contribution in [0.4, 0.5) is 13.2 Å². The molecule has 1 N–H and O–H groups in total. The standard InChI is InChI=1S/C20H23F3N4O3/c1-11-26-27-18(30-11)19(2,13-7-24-8-13)6-16(28)15-5-17(29-10-20(21,22)23)14(9-25-15)12-3-4-12/h5,9,12-13,24H,3-4,6-8,10H2,1-2H3. The summed E-state index contributed by atoms with van der Waals surface area (Å²) in [4.78, 5) is 17.3. The van der Waals surface area contributed by atoms with E-state index in [2.05, 4.69) is 20.5 Å².